The summed E-state index contributed by atoms with van der Waals surface area (Å²) in [6, 6.07) is 27.9. The maximum absolute atomic E-state index is 11.2. The van der Waals surface area contributed by atoms with Crippen LogP contribution in [0.15, 0.2) is 104 Å². The minimum Gasteiger partial charge on any atom is -0.481 e. The van der Waals surface area contributed by atoms with E-state index < -0.39 is 29.3 Å². The van der Waals surface area contributed by atoms with Crippen molar-refractivity contribution >= 4 is 137 Å². The van der Waals surface area contributed by atoms with Crippen molar-refractivity contribution in [2.75, 3.05) is 42.8 Å². The molecule has 0 saturated heterocycles. The normalized spacial score (nSPS) is 11.8. The number of benzene rings is 3. The van der Waals surface area contributed by atoms with Gasteiger partial charge in [-0.05, 0) is 101 Å². The van der Waals surface area contributed by atoms with Gasteiger partial charge in [0.15, 0.2) is 11.6 Å². The van der Waals surface area contributed by atoms with E-state index in [2.05, 4.69) is 227 Å². The van der Waals surface area contributed by atoms with Gasteiger partial charge in [0.25, 0.3) is 0 Å². The molecule has 0 aromatic heterocycles. The average molecular weight is 1680 g/mol. The minimum absolute atomic E-state index is 0. The van der Waals surface area contributed by atoms with Crippen molar-refractivity contribution in [2.24, 2.45) is 16.7 Å². The van der Waals surface area contributed by atoms with E-state index in [0.717, 1.165) is 23.7 Å². The van der Waals surface area contributed by atoms with Crippen LogP contribution < -0.4 is 0 Å². The Balaban J connectivity index is -0.000000217. The third-order valence-corrected chi connectivity index (χ3v) is 21.6. The molecule has 7 N–H and O–H groups in total. The molecule has 3 aromatic rings. The van der Waals surface area contributed by atoms with Gasteiger partial charge in [0, 0.05) is 26.9 Å². The minimum atomic E-state index is -1.08. The predicted octanol–water partition coefficient (Wildman–Crippen LogP) is 24.6. The van der Waals surface area contributed by atoms with Gasteiger partial charge < -0.3 is 35.7 Å². The van der Waals surface area contributed by atoms with Crippen LogP contribution in [0.25, 0.3) is 5.57 Å². The molecule has 12 nitrogen and oxygen atoms in total. The molecule has 20 heteroatoms. The highest BCUT2D eigenvalue weighted by molar-refractivity contribution is 7.82. The SMILES string of the molecule is C=C(CC(C)(C)c1ccccc1)c1ccccc1.CC(C)C(C)(C)C(C)(C)C(C)(C)S.CC(S)C(=O)O.CCCCCCCCCCCCCCCCS.CCCCCCCCCCCCS.CCCCCCCCS.O=C(O)CCC(=O)O.O=C1C=CC(=O)c2ccccc21.OCC(O)CS.OCC(S)CO.S. The lowest BCUT2D eigenvalue weighted by atomic mass is 9.57. The number of aliphatic hydroxyl groups is 4. The molecule has 4 rings (SSSR count). The fourth-order valence-corrected chi connectivity index (χ4v) is 11.3. The van der Waals surface area contributed by atoms with E-state index in [-0.39, 0.29) is 78.6 Å². The fourth-order valence-electron chi connectivity index (χ4n) is 10.2. The van der Waals surface area contributed by atoms with Gasteiger partial charge in [-0.1, -0.05) is 355 Å². The number of unbranched alkanes of at least 4 members (excludes halogenated alkanes) is 27. The van der Waals surface area contributed by atoms with Gasteiger partial charge in [-0.2, -0.15) is 102 Å². The summed E-state index contributed by atoms with van der Waals surface area (Å²) in [7, 11) is 0. The number of aliphatic carboxylic acids is 3. The van der Waals surface area contributed by atoms with E-state index in [0.29, 0.717) is 28.2 Å². The van der Waals surface area contributed by atoms with Crippen LogP contribution >= 0.6 is 102 Å². The molecular formula is C89H160O12S8. The van der Waals surface area contributed by atoms with Crippen LogP contribution in [0.1, 0.15) is 341 Å². The first kappa shape index (κ1) is 120. The Morgan fingerprint density at radius 1 is 0.450 bits per heavy atom. The van der Waals surface area contributed by atoms with Crippen molar-refractivity contribution < 1.29 is 59.7 Å². The van der Waals surface area contributed by atoms with E-state index in [9.17, 15) is 24.0 Å². The molecule has 1 aliphatic carbocycles. The first-order valence-electron chi connectivity index (χ1n) is 40.3. The van der Waals surface area contributed by atoms with E-state index in [1.807, 2.05) is 6.07 Å². The van der Waals surface area contributed by atoms with Gasteiger partial charge in [0.1, 0.15) is 0 Å². The summed E-state index contributed by atoms with van der Waals surface area (Å²) in [5.74, 6) is 0.986. The number of ketones is 2. The smallest absolute Gasteiger partial charge is 0.316 e. The highest BCUT2D eigenvalue weighted by Crippen LogP contribution is 2.53. The quantitative estimate of drug-likeness (QED) is 0.0187. The molecule has 1 aliphatic rings. The monoisotopic (exact) mass is 1680 g/mol. The third-order valence-electron chi connectivity index (χ3n) is 19.1. The van der Waals surface area contributed by atoms with Crippen LogP contribution in [-0.4, -0.2) is 129 Å². The Labute approximate surface area is 712 Å². The largest absolute Gasteiger partial charge is 0.481 e. The summed E-state index contributed by atoms with van der Waals surface area (Å²) in [5, 5.41) is 55.5. The van der Waals surface area contributed by atoms with Crippen LogP contribution in [-0.2, 0) is 19.8 Å². The number of rotatable bonds is 45. The molecule has 2 atom stereocenters. The molecule has 0 amide bonds. The number of allylic oxidation sites excluding steroid dienone is 3. The lowest BCUT2D eigenvalue weighted by Gasteiger charge is -2.52. The van der Waals surface area contributed by atoms with Crippen molar-refractivity contribution in [3.63, 3.8) is 0 Å². The summed E-state index contributed by atoms with van der Waals surface area (Å²) in [6.45, 7) is 35.1. The van der Waals surface area contributed by atoms with Crippen LogP contribution in [0.4, 0.5) is 0 Å². The second-order valence-corrected chi connectivity index (χ2v) is 34.5. The van der Waals surface area contributed by atoms with Gasteiger partial charge in [-0.3, -0.25) is 24.0 Å². The number of thiol groups is 7. The second-order valence-electron chi connectivity index (χ2n) is 30.1. The van der Waals surface area contributed by atoms with E-state index in [1.54, 1.807) is 24.3 Å². The Bertz CT molecular complexity index is 2500. The Morgan fingerprint density at radius 2 is 0.725 bits per heavy atom. The number of hydrogen-bond acceptors (Lipinski definition) is 16. The topological polar surface area (TPSA) is 227 Å². The predicted molar refractivity (Wildman–Crippen MR) is 501 cm³/mol. The second kappa shape index (κ2) is 80.7. The van der Waals surface area contributed by atoms with Crippen LogP contribution in [0.2, 0.25) is 0 Å². The molecule has 0 aliphatic heterocycles. The molecule has 0 spiro atoms. The number of fused-ring (bicyclic) bond motifs is 1. The molecular weight excluding hydrogens is 1520 g/mol. The fraction of sp³-hybridized carbons (Fsp3) is 0.697. The van der Waals surface area contributed by atoms with Gasteiger partial charge in [0.05, 0.1) is 44.0 Å². The zero-order chi connectivity index (χ0) is 83.7. The summed E-state index contributed by atoms with van der Waals surface area (Å²) in [5.41, 5.74) is 5.45. The van der Waals surface area contributed by atoms with Gasteiger partial charge in [-0.25, -0.2) is 0 Å². The zero-order valence-electron chi connectivity index (χ0n) is 70.3. The number of hydrogen-bond donors (Lipinski definition) is 14. The van der Waals surface area contributed by atoms with Crippen LogP contribution in [0.3, 0.4) is 0 Å². The number of carboxylic acids is 3. The summed E-state index contributed by atoms with van der Waals surface area (Å²) < 4.78 is 0.0563. The maximum Gasteiger partial charge on any atom is 0.316 e. The third kappa shape index (κ3) is 74.1. The molecule has 0 saturated carbocycles. The number of carboxylic acid groups (broad SMARTS) is 3. The lowest BCUT2D eigenvalue weighted by Crippen LogP contribution is -2.48. The molecule has 0 heterocycles. The molecule has 0 radical (unpaired) electrons. The standard InChI is InChI=1S/C18H20.C16H34S.2C12H26S.C10H6O2.C8H18S.C4H6O4.2C3H8O2S.C3H6O2S.H2S/c1-15(16-10-6-4-7-11-16)14-18(2,3)17-12-8-5-9-13-17;1-2-3-4-5-6-7-8-9-10-11-12-13-14-15-16-17;1-9(2)10(3,4)11(5,6)12(7,8)13;1-2-3-4-5-6-7-8-9-10-11-12-13;11-9-5-6-10(12)8-4-2-1-3-7(8)9;1-2-3-4-5-6-7-8-9;5-3(6)1-2-4(7)8;4-1-3(5)2-6;4-1-3(6)2-5;1-2(6)3(4)5;/h4-13H,1,14H2,2-3H3;17H,2-16H2,1H3;9,13H,1-8H3;13H,2-12H2,1H3;1-6H;9H,2-8H2,1H3;1-2H2,(H,5,6)(H,7,8);2*3-6H,1-2H2;2,6H,1H3,(H,4,5);1H2. The van der Waals surface area contributed by atoms with Crippen molar-refractivity contribution in [1.82, 2.24) is 0 Å². The molecule has 3 aromatic carbocycles. The van der Waals surface area contributed by atoms with Crippen molar-refractivity contribution in [1.29, 1.82) is 0 Å². The van der Waals surface area contributed by atoms with Crippen LogP contribution in [0.5, 0.6) is 0 Å². The number of aliphatic hydroxyl groups excluding tert-OH is 4. The van der Waals surface area contributed by atoms with Gasteiger partial charge in [0.2, 0.25) is 0 Å². The Kier molecular flexibility index (Phi) is 88.7. The molecule has 636 valence electrons. The van der Waals surface area contributed by atoms with E-state index >= 15 is 0 Å². The van der Waals surface area contributed by atoms with Gasteiger partial charge in [-0.15, -0.1) is 0 Å². The maximum atomic E-state index is 11.2. The Morgan fingerprint density at radius 3 is 0.927 bits per heavy atom. The summed E-state index contributed by atoms with van der Waals surface area (Å²) in [6.07, 6.45) is 44.9. The molecule has 2 unspecified atom stereocenters. The molecule has 0 fully saturated rings. The zero-order valence-corrected chi connectivity index (χ0v) is 77.6. The van der Waals surface area contributed by atoms with E-state index in [1.165, 1.54) is 228 Å². The lowest BCUT2D eigenvalue weighted by molar-refractivity contribution is -0.143. The van der Waals surface area contributed by atoms with Crippen LogP contribution in [0, 0.1) is 16.7 Å². The molecule has 0 bridgehead atoms. The van der Waals surface area contributed by atoms with Crippen molar-refractivity contribution in [3.05, 3.63) is 126 Å². The van der Waals surface area contributed by atoms with Gasteiger partial charge >= 0.3 is 17.9 Å². The van der Waals surface area contributed by atoms with Crippen molar-refractivity contribution in [3.8, 4) is 0 Å². The first-order chi connectivity index (χ1) is 51.0. The summed E-state index contributed by atoms with van der Waals surface area (Å²) >= 11 is 28.3. The highest BCUT2D eigenvalue weighted by atomic mass is 32.1. The van der Waals surface area contributed by atoms with E-state index in [4.69, 9.17) is 48.4 Å². The number of carbonyl (C=O) groups is 5. The van der Waals surface area contributed by atoms with Crippen molar-refractivity contribution in [2.45, 2.75) is 336 Å². The Hall–Kier alpha value is -2.47. The molecule has 109 heavy (non-hydrogen) atoms. The average Bonchev–Trinajstić information content (AvgIpc) is 0.773. The number of carbonyl (C=O) groups excluding carboxylic acids is 2. The summed E-state index contributed by atoms with van der Waals surface area (Å²) in [4.78, 5) is 51.3. The highest BCUT2D eigenvalue weighted by Gasteiger charge is 2.47. The first-order valence-corrected chi connectivity index (χ1v) is 44.3.